The number of methoxy groups -OCH3 is 1. The number of anilines is 2. The highest BCUT2D eigenvalue weighted by molar-refractivity contribution is 5.49. The lowest BCUT2D eigenvalue weighted by molar-refractivity contribution is 0.202. The minimum atomic E-state index is -0.131. The monoisotopic (exact) mass is 282 g/mol. The van der Waals surface area contributed by atoms with Crippen molar-refractivity contribution in [1.82, 2.24) is 9.97 Å². The molecule has 0 aliphatic rings. The minimum absolute atomic E-state index is 0.0768. The average molecular weight is 282 g/mol. The van der Waals surface area contributed by atoms with Gasteiger partial charge in [0.15, 0.2) is 0 Å². The molecule has 1 rings (SSSR count). The molecule has 114 valence electrons. The first kappa shape index (κ1) is 16.7. The Morgan fingerprint density at radius 2 is 2.00 bits per heavy atom. The molecule has 0 spiro atoms. The second-order valence-electron chi connectivity index (χ2n) is 5.64. The Kier molecular flexibility index (Phi) is 6.16. The highest BCUT2D eigenvalue weighted by atomic mass is 16.5. The lowest BCUT2D eigenvalue weighted by Gasteiger charge is -2.25. The van der Waals surface area contributed by atoms with Crippen molar-refractivity contribution in [1.29, 1.82) is 0 Å². The van der Waals surface area contributed by atoms with Crippen molar-refractivity contribution in [3.05, 3.63) is 11.9 Å². The molecule has 1 aromatic heterocycles. The third kappa shape index (κ3) is 4.61. The first-order chi connectivity index (χ1) is 9.42. The number of aromatic nitrogens is 2. The molecule has 0 bridgehead atoms. The molecule has 1 aromatic rings. The number of nitrogens with zero attached hydrogens (tertiary/aromatic N) is 3. The average Bonchev–Trinajstić information content (AvgIpc) is 2.42. The van der Waals surface area contributed by atoms with E-state index in [9.17, 15) is 5.11 Å². The van der Waals surface area contributed by atoms with E-state index in [0.29, 0.717) is 19.7 Å². The van der Waals surface area contributed by atoms with Crippen molar-refractivity contribution in [3.63, 3.8) is 0 Å². The summed E-state index contributed by atoms with van der Waals surface area (Å²) in [6.07, 6.45) is 0. The van der Waals surface area contributed by atoms with E-state index in [1.165, 1.54) is 0 Å². The summed E-state index contributed by atoms with van der Waals surface area (Å²) in [6.45, 7) is 8.11. The number of aliphatic hydroxyl groups is 1. The molecule has 0 aromatic carbocycles. The zero-order valence-electron chi connectivity index (χ0n) is 13.1. The van der Waals surface area contributed by atoms with E-state index in [0.717, 1.165) is 17.5 Å². The molecule has 0 saturated heterocycles. The molecule has 0 atom stereocenters. The molecular weight excluding hydrogens is 256 g/mol. The fraction of sp³-hybridized carbons (Fsp3) is 0.714. The Bertz CT molecular complexity index is 418. The first-order valence-corrected chi connectivity index (χ1v) is 6.84. The minimum Gasteiger partial charge on any atom is -0.395 e. The van der Waals surface area contributed by atoms with Gasteiger partial charge in [0.1, 0.15) is 17.5 Å². The van der Waals surface area contributed by atoms with Gasteiger partial charge in [0, 0.05) is 38.7 Å². The van der Waals surface area contributed by atoms with Crippen LogP contribution in [0.15, 0.2) is 6.07 Å². The predicted octanol–water partition coefficient (Wildman–Crippen LogP) is 1.26. The highest BCUT2D eigenvalue weighted by Crippen LogP contribution is 2.23. The van der Waals surface area contributed by atoms with E-state index in [2.05, 4.69) is 36.1 Å². The molecule has 0 aliphatic heterocycles. The highest BCUT2D eigenvalue weighted by Gasteiger charge is 2.20. The van der Waals surface area contributed by atoms with Gasteiger partial charge in [0.05, 0.1) is 13.2 Å². The summed E-state index contributed by atoms with van der Waals surface area (Å²) < 4.78 is 5.11. The Hall–Kier alpha value is -1.40. The second kappa shape index (κ2) is 7.40. The van der Waals surface area contributed by atoms with Gasteiger partial charge in [-0.25, -0.2) is 9.97 Å². The summed E-state index contributed by atoms with van der Waals surface area (Å²) in [7, 11) is 3.50. The van der Waals surface area contributed by atoms with Gasteiger partial charge in [-0.15, -0.1) is 0 Å². The number of hydrogen-bond acceptors (Lipinski definition) is 6. The maximum atomic E-state index is 9.21. The molecule has 0 fully saturated rings. The number of ether oxygens (including phenoxy) is 1. The van der Waals surface area contributed by atoms with Crippen LogP contribution in [0.4, 0.5) is 11.6 Å². The van der Waals surface area contributed by atoms with E-state index < -0.39 is 0 Å². The van der Waals surface area contributed by atoms with E-state index in [1.54, 1.807) is 7.11 Å². The van der Waals surface area contributed by atoms with Gasteiger partial charge in [-0.05, 0) is 0 Å². The van der Waals surface area contributed by atoms with Crippen LogP contribution in [0.3, 0.4) is 0 Å². The van der Waals surface area contributed by atoms with Crippen LogP contribution in [-0.4, -0.2) is 55.5 Å². The number of hydrogen-bond donors (Lipinski definition) is 2. The third-order valence-electron chi connectivity index (χ3n) is 2.90. The summed E-state index contributed by atoms with van der Waals surface area (Å²) in [5.74, 6) is 2.36. The van der Waals surface area contributed by atoms with Gasteiger partial charge in [-0.3, -0.25) is 0 Å². The van der Waals surface area contributed by atoms with E-state index in [4.69, 9.17) is 4.74 Å². The molecular formula is C14H26N4O2. The van der Waals surface area contributed by atoms with Gasteiger partial charge in [0.2, 0.25) is 0 Å². The van der Waals surface area contributed by atoms with E-state index in [-0.39, 0.29) is 12.0 Å². The first-order valence-electron chi connectivity index (χ1n) is 6.84. The van der Waals surface area contributed by atoms with Crippen LogP contribution in [-0.2, 0) is 10.2 Å². The Labute approximate surface area is 121 Å². The zero-order chi connectivity index (χ0) is 15.2. The Balaban J connectivity index is 3.12. The molecule has 2 N–H and O–H groups in total. The molecule has 20 heavy (non-hydrogen) atoms. The summed E-state index contributed by atoms with van der Waals surface area (Å²) >= 11 is 0. The van der Waals surface area contributed by atoms with Gasteiger partial charge < -0.3 is 20.1 Å². The van der Waals surface area contributed by atoms with Crippen molar-refractivity contribution >= 4 is 11.6 Å². The lowest BCUT2D eigenvalue weighted by Crippen LogP contribution is -2.32. The van der Waals surface area contributed by atoms with E-state index in [1.807, 2.05) is 18.0 Å². The van der Waals surface area contributed by atoms with E-state index >= 15 is 0 Å². The van der Waals surface area contributed by atoms with Crippen LogP contribution in [0.1, 0.15) is 26.6 Å². The number of nitrogens with one attached hydrogen (secondary N) is 1. The summed E-state index contributed by atoms with van der Waals surface area (Å²) in [4.78, 5) is 11.1. The van der Waals surface area contributed by atoms with Crippen molar-refractivity contribution in [3.8, 4) is 0 Å². The van der Waals surface area contributed by atoms with Gasteiger partial charge in [0.25, 0.3) is 0 Å². The number of rotatable bonds is 7. The molecule has 6 nitrogen and oxygen atoms in total. The zero-order valence-corrected chi connectivity index (χ0v) is 13.1. The van der Waals surface area contributed by atoms with Crippen molar-refractivity contribution in [2.24, 2.45) is 0 Å². The Morgan fingerprint density at radius 3 is 2.50 bits per heavy atom. The Morgan fingerprint density at radius 1 is 1.30 bits per heavy atom. The standard InChI is InChI=1S/C14H26N4O2/c1-14(2,3)13-16-11(15-4)10-12(17-13)18(6-8-19)7-9-20-5/h10,19H,6-9H2,1-5H3,(H,15,16,17). The fourth-order valence-corrected chi connectivity index (χ4v) is 1.72. The van der Waals surface area contributed by atoms with Crippen molar-refractivity contribution in [2.45, 2.75) is 26.2 Å². The molecule has 0 radical (unpaired) electrons. The topological polar surface area (TPSA) is 70.5 Å². The van der Waals surface area contributed by atoms with Crippen molar-refractivity contribution < 1.29 is 9.84 Å². The van der Waals surface area contributed by atoms with Crippen LogP contribution < -0.4 is 10.2 Å². The van der Waals surface area contributed by atoms with Crippen LogP contribution in [0.5, 0.6) is 0 Å². The third-order valence-corrected chi connectivity index (χ3v) is 2.90. The van der Waals surface area contributed by atoms with Crippen LogP contribution in [0.25, 0.3) is 0 Å². The van der Waals surface area contributed by atoms with Crippen LogP contribution >= 0.6 is 0 Å². The predicted molar refractivity (Wildman–Crippen MR) is 81.5 cm³/mol. The summed E-state index contributed by atoms with van der Waals surface area (Å²) in [5.41, 5.74) is -0.131. The normalized spacial score (nSPS) is 11.5. The quantitative estimate of drug-likeness (QED) is 0.784. The molecule has 0 aliphatic carbocycles. The SMILES string of the molecule is CNc1cc(N(CCO)CCOC)nc(C(C)(C)C)n1. The van der Waals surface area contributed by atoms with Gasteiger partial charge in [-0.1, -0.05) is 20.8 Å². The summed E-state index contributed by atoms with van der Waals surface area (Å²) in [6, 6.07) is 1.89. The van der Waals surface area contributed by atoms with Crippen LogP contribution in [0.2, 0.25) is 0 Å². The fourth-order valence-electron chi connectivity index (χ4n) is 1.72. The van der Waals surface area contributed by atoms with Gasteiger partial charge >= 0.3 is 0 Å². The van der Waals surface area contributed by atoms with Crippen molar-refractivity contribution in [2.75, 3.05) is 50.7 Å². The largest absolute Gasteiger partial charge is 0.395 e. The molecule has 0 saturated carbocycles. The maximum absolute atomic E-state index is 9.21. The smallest absolute Gasteiger partial charge is 0.138 e. The molecule has 0 unspecified atom stereocenters. The molecule has 1 heterocycles. The molecule has 6 heteroatoms. The second-order valence-corrected chi connectivity index (χ2v) is 5.64. The maximum Gasteiger partial charge on any atom is 0.138 e. The number of aliphatic hydroxyl groups excluding tert-OH is 1. The lowest BCUT2D eigenvalue weighted by atomic mass is 9.96. The van der Waals surface area contributed by atoms with Gasteiger partial charge in [-0.2, -0.15) is 0 Å². The summed E-state index contributed by atoms with van der Waals surface area (Å²) in [5, 5.41) is 12.3. The molecule has 0 amide bonds. The van der Waals surface area contributed by atoms with Crippen LogP contribution in [0, 0.1) is 0 Å².